The largest absolute Gasteiger partial charge is 0.491 e. The number of carbonyl (C=O) groups is 1. The fourth-order valence-corrected chi connectivity index (χ4v) is 2.36. The average molecular weight is 276 g/mol. The third-order valence-electron chi connectivity index (χ3n) is 3.35. The van der Waals surface area contributed by atoms with Gasteiger partial charge in [0, 0.05) is 31.7 Å². The lowest BCUT2D eigenvalue weighted by atomic mass is 10.3. The summed E-state index contributed by atoms with van der Waals surface area (Å²) in [5, 5.41) is 3.28. The maximum atomic E-state index is 11.9. The second-order valence-corrected chi connectivity index (χ2v) is 5.46. The molecule has 1 N–H and O–H groups in total. The highest BCUT2D eigenvalue weighted by Crippen LogP contribution is 2.17. The van der Waals surface area contributed by atoms with Gasteiger partial charge in [-0.1, -0.05) is 0 Å². The first kappa shape index (κ1) is 14.7. The summed E-state index contributed by atoms with van der Waals surface area (Å²) in [5.74, 6) is 1.13. The number of anilines is 1. The number of hydrogen-bond donors (Lipinski definition) is 1. The molecule has 1 aromatic rings. The third kappa shape index (κ3) is 4.44. The Bertz CT molecular complexity index is 423. The lowest BCUT2D eigenvalue weighted by Crippen LogP contribution is -2.29. The fraction of sp³-hybridized carbons (Fsp3) is 0.562. The van der Waals surface area contributed by atoms with Gasteiger partial charge >= 0.3 is 0 Å². The number of nitrogens with zero attached hydrogens (tertiary/aromatic N) is 1. The molecule has 1 aliphatic rings. The van der Waals surface area contributed by atoms with Crippen molar-refractivity contribution in [3.63, 3.8) is 0 Å². The molecular formula is C16H24N2O2. The smallest absolute Gasteiger partial charge is 0.224 e. The molecule has 20 heavy (non-hydrogen) atoms. The number of rotatable bonds is 6. The maximum absolute atomic E-state index is 11.9. The Balaban J connectivity index is 1.72. The molecule has 1 heterocycles. The zero-order chi connectivity index (χ0) is 14.4. The Morgan fingerprint density at radius 3 is 2.50 bits per heavy atom. The van der Waals surface area contributed by atoms with E-state index in [-0.39, 0.29) is 12.0 Å². The van der Waals surface area contributed by atoms with Gasteiger partial charge in [0.2, 0.25) is 5.91 Å². The number of carbonyl (C=O) groups excluding carboxylic acids is 1. The van der Waals surface area contributed by atoms with Crippen molar-refractivity contribution in [3.8, 4) is 5.75 Å². The van der Waals surface area contributed by atoms with Crippen LogP contribution in [0.5, 0.6) is 5.75 Å². The number of likely N-dealkylation sites (tertiary alicyclic amines) is 1. The van der Waals surface area contributed by atoms with Crippen LogP contribution in [-0.2, 0) is 4.79 Å². The molecule has 0 unspecified atom stereocenters. The second kappa shape index (κ2) is 7.17. The number of ether oxygens (including phenoxy) is 1. The minimum atomic E-state index is 0.187. The minimum Gasteiger partial charge on any atom is -0.491 e. The number of benzene rings is 1. The average Bonchev–Trinajstić information content (AvgIpc) is 2.94. The van der Waals surface area contributed by atoms with Crippen LogP contribution in [0, 0.1) is 0 Å². The standard InChI is InChI=1S/C16H24N2O2/c1-13(2)20-15-7-5-14(6-8-15)17-10-9-16(19)18-11-3-4-12-18/h5-8,13,17H,3-4,9-12H2,1-2H3. The highest BCUT2D eigenvalue weighted by Gasteiger charge is 2.16. The van der Waals surface area contributed by atoms with Gasteiger partial charge in [0.1, 0.15) is 5.75 Å². The quantitative estimate of drug-likeness (QED) is 0.868. The maximum Gasteiger partial charge on any atom is 0.224 e. The predicted molar refractivity (Wildman–Crippen MR) is 81.1 cm³/mol. The molecule has 0 aromatic heterocycles. The van der Waals surface area contributed by atoms with Gasteiger partial charge in [-0.25, -0.2) is 0 Å². The molecule has 0 bridgehead atoms. The minimum absolute atomic E-state index is 0.187. The van der Waals surface area contributed by atoms with Gasteiger partial charge in [-0.05, 0) is 51.0 Å². The molecule has 4 heteroatoms. The summed E-state index contributed by atoms with van der Waals surface area (Å²) < 4.78 is 5.59. The Kier molecular flexibility index (Phi) is 5.27. The first-order chi connectivity index (χ1) is 9.65. The molecule has 110 valence electrons. The van der Waals surface area contributed by atoms with Gasteiger partial charge in [-0.2, -0.15) is 0 Å². The summed E-state index contributed by atoms with van der Waals surface area (Å²) in [6.45, 7) is 6.56. The summed E-state index contributed by atoms with van der Waals surface area (Å²) in [7, 11) is 0. The van der Waals surface area contributed by atoms with Crippen molar-refractivity contribution >= 4 is 11.6 Å². The van der Waals surface area contributed by atoms with E-state index in [9.17, 15) is 4.79 Å². The molecule has 0 atom stereocenters. The zero-order valence-electron chi connectivity index (χ0n) is 12.4. The number of hydrogen-bond acceptors (Lipinski definition) is 3. The summed E-state index contributed by atoms with van der Waals surface area (Å²) in [5.41, 5.74) is 1.02. The van der Waals surface area contributed by atoms with Crippen molar-refractivity contribution < 1.29 is 9.53 Å². The molecule has 1 fully saturated rings. The van der Waals surface area contributed by atoms with E-state index < -0.39 is 0 Å². The molecule has 0 spiro atoms. The second-order valence-electron chi connectivity index (χ2n) is 5.46. The SMILES string of the molecule is CC(C)Oc1ccc(NCCC(=O)N2CCCC2)cc1. The van der Waals surface area contributed by atoms with Crippen molar-refractivity contribution in [2.45, 2.75) is 39.2 Å². The molecule has 1 aromatic carbocycles. The van der Waals surface area contributed by atoms with Crippen LogP contribution in [0.3, 0.4) is 0 Å². The van der Waals surface area contributed by atoms with Gasteiger partial charge in [-0.3, -0.25) is 4.79 Å². The lowest BCUT2D eigenvalue weighted by molar-refractivity contribution is -0.129. The van der Waals surface area contributed by atoms with Crippen molar-refractivity contribution in [1.29, 1.82) is 0 Å². The van der Waals surface area contributed by atoms with Crippen LogP contribution in [0.15, 0.2) is 24.3 Å². The molecule has 1 aliphatic heterocycles. The molecule has 0 saturated carbocycles. The molecule has 0 radical (unpaired) electrons. The van der Waals surface area contributed by atoms with Crippen molar-refractivity contribution in [2.24, 2.45) is 0 Å². The summed E-state index contributed by atoms with van der Waals surface area (Å²) in [6, 6.07) is 7.87. The van der Waals surface area contributed by atoms with E-state index in [4.69, 9.17) is 4.74 Å². The van der Waals surface area contributed by atoms with Crippen LogP contribution < -0.4 is 10.1 Å². The highest BCUT2D eigenvalue weighted by atomic mass is 16.5. The molecule has 1 saturated heterocycles. The van der Waals surface area contributed by atoms with E-state index in [0.717, 1.165) is 37.4 Å². The van der Waals surface area contributed by atoms with Gasteiger partial charge in [-0.15, -0.1) is 0 Å². The topological polar surface area (TPSA) is 41.6 Å². The predicted octanol–water partition coefficient (Wildman–Crippen LogP) is 2.90. The summed E-state index contributed by atoms with van der Waals surface area (Å²) >= 11 is 0. The first-order valence-corrected chi connectivity index (χ1v) is 7.43. The van der Waals surface area contributed by atoms with Crippen LogP contribution >= 0.6 is 0 Å². The number of amides is 1. The Hall–Kier alpha value is -1.71. The van der Waals surface area contributed by atoms with E-state index in [0.29, 0.717) is 13.0 Å². The van der Waals surface area contributed by atoms with Crippen molar-refractivity contribution in [1.82, 2.24) is 4.90 Å². The Morgan fingerprint density at radius 1 is 1.25 bits per heavy atom. The molecular weight excluding hydrogens is 252 g/mol. The molecule has 2 rings (SSSR count). The van der Waals surface area contributed by atoms with E-state index in [1.54, 1.807) is 0 Å². The van der Waals surface area contributed by atoms with Crippen LogP contribution in [0.25, 0.3) is 0 Å². The van der Waals surface area contributed by atoms with Crippen LogP contribution in [0.2, 0.25) is 0 Å². The number of nitrogens with one attached hydrogen (secondary N) is 1. The normalized spacial score (nSPS) is 14.7. The highest BCUT2D eigenvalue weighted by molar-refractivity contribution is 5.77. The monoisotopic (exact) mass is 276 g/mol. The van der Waals surface area contributed by atoms with Gasteiger partial charge in [0.25, 0.3) is 0 Å². The van der Waals surface area contributed by atoms with Crippen LogP contribution in [0.1, 0.15) is 33.1 Å². The molecule has 1 amide bonds. The molecule has 4 nitrogen and oxygen atoms in total. The fourth-order valence-electron chi connectivity index (χ4n) is 2.36. The third-order valence-corrected chi connectivity index (χ3v) is 3.35. The first-order valence-electron chi connectivity index (χ1n) is 7.43. The van der Waals surface area contributed by atoms with E-state index >= 15 is 0 Å². The van der Waals surface area contributed by atoms with Gasteiger partial charge in [0.15, 0.2) is 0 Å². The van der Waals surface area contributed by atoms with E-state index in [1.165, 1.54) is 0 Å². The van der Waals surface area contributed by atoms with Crippen molar-refractivity contribution in [2.75, 3.05) is 25.0 Å². The van der Waals surface area contributed by atoms with Crippen LogP contribution in [-0.4, -0.2) is 36.5 Å². The van der Waals surface area contributed by atoms with Crippen LogP contribution in [0.4, 0.5) is 5.69 Å². The lowest BCUT2D eigenvalue weighted by Gasteiger charge is -2.15. The summed E-state index contributed by atoms with van der Waals surface area (Å²) in [4.78, 5) is 13.8. The van der Waals surface area contributed by atoms with Gasteiger partial charge in [0.05, 0.1) is 6.10 Å². The van der Waals surface area contributed by atoms with Gasteiger partial charge < -0.3 is 15.0 Å². The van der Waals surface area contributed by atoms with E-state index in [2.05, 4.69) is 5.32 Å². The summed E-state index contributed by atoms with van der Waals surface area (Å²) in [6.07, 6.45) is 3.05. The van der Waals surface area contributed by atoms with Crippen molar-refractivity contribution in [3.05, 3.63) is 24.3 Å². The van der Waals surface area contributed by atoms with E-state index in [1.807, 2.05) is 43.0 Å². The Labute approximate surface area is 121 Å². The Morgan fingerprint density at radius 2 is 1.90 bits per heavy atom. The zero-order valence-corrected chi connectivity index (χ0v) is 12.4. The molecule has 0 aliphatic carbocycles.